The third kappa shape index (κ3) is 3.31. The van der Waals surface area contributed by atoms with Crippen molar-refractivity contribution < 1.29 is 13.9 Å². The average molecular weight is 456 g/mol. The first-order valence-corrected chi connectivity index (χ1v) is 11.7. The lowest BCUT2D eigenvalue weighted by Gasteiger charge is -2.24. The minimum Gasteiger partial charge on any atom is -0.465 e. The van der Waals surface area contributed by atoms with Crippen LogP contribution in [0.2, 0.25) is 0 Å². The summed E-state index contributed by atoms with van der Waals surface area (Å²) in [4.78, 5) is 24.1. The molecule has 172 valence electrons. The van der Waals surface area contributed by atoms with E-state index in [0.29, 0.717) is 18.0 Å². The molecule has 1 fully saturated rings. The van der Waals surface area contributed by atoms with Crippen molar-refractivity contribution in [2.75, 3.05) is 7.11 Å². The number of methoxy groups -OCH3 is 1. The first-order chi connectivity index (χ1) is 16.6. The van der Waals surface area contributed by atoms with Crippen molar-refractivity contribution in [1.82, 2.24) is 14.8 Å². The van der Waals surface area contributed by atoms with Crippen LogP contribution in [0.3, 0.4) is 0 Å². The standard InChI is InChI=1S/C27H25N3O4/c1-33-26(31)18-11-12-21-22(14-18)30-15-19(25-28-29-27(32)34-25)13-17-9-5-6-10-20(17)24(30)23(21)16-7-3-2-4-8-16/h5-6,9-14,16H,2-4,7-8,15H2,1H3,(H,29,32). The van der Waals surface area contributed by atoms with Gasteiger partial charge in [-0.25, -0.2) is 14.7 Å². The maximum atomic E-state index is 12.4. The van der Waals surface area contributed by atoms with Gasteiger partial charge in [0.1, 0.15) is 0 Å². The smallest absolute Gasteiger partial charge is 0.434 e. The van der Waals surface area contributed by atoms with Gasteiger partial charge in [-0.3, -0.25) is 0 Å². The maximum absolute atomic E-state index is 12.4. The van der Waals surface area contributed by atoms with Crippen LogP contribution < -0.4 is 5.76 Å². The summed E-state index contributed by atoms with van der Waals surface area (Å²) >= 11 is 0. The van der Waals surface area contributed by atoms with E-state index in [2.05, 4.69) is 39.0 Å². The fourth-order valence-corrected chi connectivity index (χ4v) is 5.62. The molecule has 34 heavy (non-hydrogen) atoms. The Hall–Kier alpha value is -3.87. The molecule has 0 amide bonds. The molecule has 0 atom stereocenters. The average Bonchev–Trinajstić information content (AvgIpc) is 3.39. The zero-order valence-corrected chi connectivity index (χ0v) is 19.0. The summed E-state index contributed by atoms with van der Waals surface area (Å²) in [7, 11) is 1.40. The summed E-state index contributed by atoms with van der Waals surface area (Å²) < 4.78 is 12.6. The molecule has 2 aliphatic rings. The summed E-state index contributed by atoms with van der Waals surface area (Å²) in [6.45, 7) is 0.464. The minimum absolute atomic E-state index is 0.276. The predicted octanol–water partition coefficient (Wildman–Crippen LogP) is 5.37. The van der Waals surface area contributed by atoms with Gasteiger partial charge in [0, 0.05) is 22.0 Å². The topological polar surface area (TPSA) is 90.1 Å². The van der Waals surface area contributed by atoms with Gasteiger partial charge in [-0.05, 0) is 48.1 Å². The number of aromatic amines is 1. The molecule has 2 aromatic carbocycles. The van der Waals surface area contributed by atoms with E-state index in [4.69, 9.17) is 9.15 Å². The lowest BCUT2D eigenvalue weighted by molar-refractivity contribution is 0.0601. The molecule has 6 rings (SSSR count). The van der Waals surface area contributed by atoms with Gasteiger partial charge in [-0.1, -0.05) is 49.6 Å². The Morgan fingerprint density at radius 1 is 1.15 bits per heavy atom. The number of benzene rings is 2. The molecule has 0 saturated heterocycles. The number of fused-ring (bicyclic) bond motifs is 5. The molecule has 7 nitrogen and oxygen atoms in total. The lowest BCUT2D eigenvalue weighted by atomic mass is 9.81. The Kier molecular flexibility index (Phi) is 4.98. The van der Waals surface area contributed by atoms with Gasteiger partial charge in [0.2, 0.25) is 5.89 Å². The number of carbonyl (C=O) groups excluding carboxylic acids is 1. The first kappa shape index (κ1) is 20.7. The van der Waals surface area contributed by atoms with Crippen LogP contribution in [0.1, 0.15) is 65.4 Å². The number of aromatic nitrogens is 3. The van der Waals surface area contributed by atoms with Crippen molar-refractivity contribution in [3.05, 3.63) is 75.6 Å². The second-order valence-corrected chi connectivity index (χ2v) is 9.08. The number of nitrogens with zero attached hydrogens (tertiary/aromatic N) is 2. The normalized spacial score (nSPS) is 16.0. The molecule has 1 N–H and O–H groups in total. The molecule has 0 spiro atoms. The Balaban J connectivity index is 1.67. The number of ether oxygens (including phenoxy) is 1. The van der Waals surface area contributed by atoms with Gasteiger partial charge in [0.05, 0.1) is 24.9 Å². The van der Waals surface area contributed by atoms with Crippen LogP contribution >= 0.6 is 0 Å². The number of rotatable bonds is 3. The molecule has 2 aromatic heterocycles. The highest BCUT2D eigenvalue weighted by molar-refractivity contribution is 6.01. The molecule has 1 aliphatic carbocycles. The number of hydrogen-bond donors (Lipinski definition) is 1. The van der Waals surface area contributed by atoms with Gasteiger partial charge in [-0.15, -0.1) is 5.10 Å². The highest BCUT2D eigenvalue weighted by atomic mass is 16.5. The third-order valence-corrected chi connectivity index (χ3v) is 7.13. The van der Waals surface area contributed by atoms with Crippen molar-refractivity contribution in [2.24, 2.45) is 0 Å². The highest BCUT2D eigenvalue weighted by Gasteiger charge is 2.30. The van der Waals surface area contributed by atoms with E-state index >= 15 is 0 Å². The molecule has 3 heterocycles. The van der Waals surface area contributed by atoms with Crippen molar-refractivity contribution >= 4 is 28.5 Å². The van der Waals surface area contributed by atoms with E-state index in [1.54, 1.807) is 0 Å². The van der Waals surface area contributed by atoms with Crippen LogP contribution in [-0.2, 0) is 11.3 Å². The number of hydrogen-bond acceptors (Lipinski definition) is 5. The molecule has 7 heteroatoms. The molecule has 0 unspecified atom stereocenters. The molecule has 1 saturated carbocycles. The van der Waals surface area contributed by atoms with Crippen LogP contribution in [0.25, 0.3) is 33.8 Å². The van der Waals surface area contributed by atoms with Crippen LogP contribution in [0, 0.1) is 0 Å². The summed E-state index contributed by atoms with van der Waals surface area (Å²) in [5.74, 6) is -0.214. The van der Waals surface area contributed by atoms with Crippen molar-refractivity contribution in [3.63, 3.8) is 0 Å². The van der Waals surface area contributed by atoms with E-state index < -0.39 is 5.76 Å². The lowest BCUT2D eigenvalue weighted by Crippen LogP contribution is -2.07. The number of allylic oxidation sites excluding steroid dienone is 1. The van der Waals surface area contributed by atoms with Crippen LogP contribution in [0.5, 0.6) is 0 Å². The van der Waals surface area contributed by atoms with E-state index in [1.165, 1.54) is 37.6 Å². The van der Waals surface area contributed by atoms with E-state index in [-0.39, 0.29) is 11.9 Å². The second kappa shape index (κ2) is 8.17. The van der Waals surface area contributed by atoms with Crippen LogP contribution in [-0.4, -0.2) is 27.8 Å². The molecule has 4 aromatic rings. The fraction of sp³-hybridized carbons (Fsp3) is 0.296. The van der Waals surface area contributed by atoms with Crippen LogP contribution in [0.4, 0.5) is 0 Å². The van der Waals surface area contributed by atoms with Gasteiger partial charge in [-0.2, -0.15) is 0 Å². The zero-order chi connectivity index (χ0) is 23.2. The monoisotopic (exact) mass is 455 g/mol. The quantitative estimate of drug-likeness (QED) is 0.419. The largest absolute Gasteiger partial charge is 0.465 e. The second-order valence-electron chi connectivity index (χ2n) is 9.08. The van der Waals surface area contributed by atoms with E-state index in [0.717, 1.165) is 40.4 Å². The highest BCUT2D eigenvalue weighted by Crippen LogP contribution is 2.47. The van der Waals surface area contributed by atoms with Crippen molar-refractivity contribution in [3.8, 4) is 11.3 Å². The number of nitrogens with one attached hydrogen (secondary N) is 1. The van der Waals surface area contributed by atoms with Gasteiger partial charge < -0.3 is 13.7 Å². The predicted molar refractivity (Wildman–Crippen MR) is 130 cm³/mol. The van der Waals surface area contributed by atoms with Gasteiger partial charge in [0.25, 0.3) is 0 Å². The molecule has 0 radical (unpaired) electrons. The Morgan fingerprint density at radius 3 is 2.74 bits per heavy atom. The molecule has 1 aliphatic heterocycles. The summed E-state index contributed by atoms with van der Waals surface area (Å²) in [6, 6.07) is 14.1. The van der Waals surface area contributed by atoms with Crippen molar-refractivity contribution in [1.29, 1.82) is 0 Å². The summed E-state index contributed by atoms with van der Waals surface area (Å²) in [5, 5.41) is 7.64. The Labute approximate surface area is 196 Å². The van der Waals surface area contributed by atoms with Crippen LogP contribution in [0.15, 0.2) is 51.7 Å². The maximum Gasteiger partial charge on any atom is 0.434 e. The van der Waals surface area contributed by atoms with Gasteiger partial charge in [0.15, 0.2) is 0 Å². The fourth-order valence-electron chi connectivity index (χ4n) is 5.62. The van der Waals surface area contributed by atoms with E-state index in [1.807, 2.05) is 24.3 Å². The number of carbonyl (C=O) groups is 1. The zero-order valence-electron chi connectivity index (χ0n) is 19.0. The van der Waals surface area contributed by atoms with Gasteiger partial charge >= 0.3 is 11.7 Å². The molecular weight excluding hydrogens is 430 g/mol. The third-order valence-electron chi connectivity index (χ3n) is 7.13. The SMILES string of the molecule is COC(=O)c1ccc2c(C3CCCCC3)c3n(c2c1)CC(c1n[nH]c(=O)o1)=Cc1ccccc1-3. The number of esters is 1. The molecular formula is C27H25N3O4. The summed E-state index contributed by atoms with van der Waals surface area (Å²) in [5.41, 5.74) is 6.97. The molecule has 0 bridgehead atoms. The Bertz CT molecular complexity index is 1500. The summed E-state index contributed by atoms with van der Waals surface area (Å²) in [6.07, 6.45) is 8.07. The number of H-pyrrole nitrogens is 1. The minimum atomic E-state index is -0.582. The Morgan fingerprint density at radius 2 is 1.97 bits per heavy atom. The van der Waals surface area contributed by atoms with E-state index in [9.17, 15) is 9.59 Å². The first-order valence-electron chi connectivity index (χ1n) is 11.7. The van der Waals surface area contributed by atoms with Crippen molar-refractivity contribution in [2.45, 2.75) is 44.6 Å².